The number of hydrogen-bond acceptors (Lipinski definition) is 3. The molecule has 16 heavy (non-hydrogen) atoms. The number of carbonyl (C=O) groups excluding carboxylic acids is 1. The largest absolute Gasteiger partial charge is 0.393 e. The number of hydrogen-bond donors (Lipinski definition) is 2. The minimum absolute atomic E-state index is 0.0774. The van der Waals surface area contributed by atoms with Crippen molar-refractivity contribution in [3.63, 3.8) is 0 Å². The standard InChI is InChI=1S/C12H24NO3/c1-10(2)11(15)8-13(3)6-4-12(16,9-14)5-7-13/h10,14,16H,4-9H2,1-3H3/q+1. The predicted molar refractivity (Wildman–Crippen MR) is 61.9 cm³/mol. The summed E-state index contributed by atoms with van der Waals surface area (Å²) in [6, 6.07) is 0. The van der Waals surface area contributed by atoms with Crippen molar-refractivity contribution in [2.75, 3.05) is 33.3 Å². The van der Waals surface area contributed by atoms with Crippen LogP contribution in [0, 0.1) is 5.92 Å². The summed E-state index contributed by atoms with van der Waals surface area (Å²) in [5.74, 6) is 0.352. The van der Waals surface area contributed by atoms with Crippen LogP contribution in [0.15, 0.2) is 0 Å². The van der Waals surface area contributed by atoms with Crippen molar-refractivity contribution in [3.8, 4) is 0 Å². The summed E-state index contributed by atoms with van der Waals surface area (Å²) in [7, 11) is 2.05. The maximum Gasteiger partial charge on any atom is 0.189 e. The van der Waals surface area contributed by atoms with Crippen LogP contribution in [0.4, 0.5) is 0 Å². The fourth-order valence-corrected chi connectivity index (χ4v) is 2.07. The van der Waals surface area contributed by atoms with Gasteiger partial charge in [0.05, 0.1) is 32.3 Å². The molecule has 0 aromatic heterocycles. The average molecular weight is 230 g/mol. The van der Waals surface area contributed by atoms with E-state index in [0.29, 0.717) is 23.9 Å². The van der Waals surface area contributed by atoms with E-state index in [-0.39, 0.29) is 18.3 Å². The second-order valence-electron chi connectivity index (χ2n) is 5.73. The summed E-state index contributed by atoms with van der Waals surface area (Å²) < 4.78 is 0.694. The van der Waals surface area contributed by atoms with Gasteiger partial charge in [0.2, 0.25) is 0 Å². The molecule has 1 aliphatic heterocycles. The van der Waals surface area contributed by atoms with Gasteiger partial charge in [0, 0.05) is 18.8 Å². The molecule has 94 valence electrons. The molecule has 0 bridgehead atoms. The smallest absolute Gasteiger partial charge is 0.189 e. The van der Waals surface area contributed by atoms with Gasteiger partial charge in [-0.1, -0.05) is 13.8 Å². The molecule has 4 nitrogen and oxygen atoms in total. The summed E-state index contributed by atoms with van der Waals surface area (Å²) in [6.07, 6.45) is 1.15. The normalized spacial score (nSPS) is 35.4. The molecule has 1 aliphatic rings. The molecule has 0 radical (unpaired) electrons. The first-order valence-electron chi connectivity index (χ1n) is 6.00. The number of aliphatic hydroxyl groups is 2. The Hall–Kier alpha value is -0.450. The molecule has 1 heterocycles. The zero-order chi connectivity index (χ0) is 12.4. The highest BCUT2D eigenvalue weighted by atomic mass is 16.3. The Morgan fingerprint density at radius 3 is 2.25 bits per heavy atom. The third-order valence-electron chi connectivity index (χ3n) is 3.71. The van der Waals surface area contributed by atoms with Crippen molar-refractivity contribution in [3.05, 3.63) is 0 Å². The molecule has 0 saturated carbocycles. The van der Waals surface area contributed by atoms with Crippen molar-refractivity contribution >= 4 is 5.78 Å². The maximum absolute atomic E-state index is 11.7. The van der Waals surface area contributed by atoms with E-state index in [0.717, 1.165) is 13.1 Å². The van der Waals surface area contributed by atoms with Gasteiger partial charge < -0.3 is 14.7 Å². The Morgan fingerprint density at radius 2 is 1.88 bits per heavy atom. The molecule has 4 heteroatoms. The maximum atomic E-state index is 11.7. The fourth-order valence-electron chi connectivity index (χ4n) is 2.07. The molecule has 1 fully saturated rings. The van der Waals surface area contributed by atoms with Gasteiger partial charge in [0.15, 0.2) is 5.78 Å². The summed E-state index contributed by atoms with van der Waals surface area (Å²) in [6.45, 7) is 5.72. The number of ketones is 1. The fraction of sp³-hybridized carbons (Fsp3) is 0.917. The number of rotatable bonds is 4. The van der Waals surface area contributed by atoms with Gasteiger partial charge in [-0.15, -0.1) is 0 Å². The molecule has 0 aromatic rings. The number of piperidine rings is 1. The number of likely N-dealkylation sites (tertiary alicyclic amines) is 1. The van der Waals surface area contributed by atoms with Gasteiger partial charge in [0.1, 0.15) is 6.54 Å². The molecule has 0 aromatic carbocycles. The highest BCUT2D eigenvalue weighted by Gasteiger charge is 2.39. The van der Waals surface area contributed by atoms with Gasteiger partial charge in [-0.3, -0.25) is 4.79 Å². The average Bonchev–Trinajstić information content (AvgIpc) is 2.23. The lowest BCUT2D eigenvalue weighted by Gasteiger charge is -2.43. The van der Waals surface area contributed by atoms with Crippen LogP contribution in [0.2, 0.25) is 0 Å². The highest BCUT2D eigenvalue weighted by Crippen LogP contribution is 2.25. The number of Topliss-reactive ketones (excluding diaryl/α,β-unsaturated/α-hetero) is 1. The van der Waals surface area contributed by atoms with E-state index in [9.17, 15) is 9.90 Å². The Labute approximate surface area is 97.5 Å². The van der Waals surface area contributed by atoms with E-state index in [4.69, 9.17) is 5.11 Å². The Bertz CT molecular complexity index is 255. The number of carbonyl (C=O) groups is 1. The highest BCUT2D eigenvalue weighted by molar-refractivity contribution is 5.81. The Kier molecular flexibility index (Phi) is 4.10. The predicted octanol–water partition coefficient (Wildman–Crippen LogP) is 0.175. The lowest BCUT2D eigenvalue weighted by Crippen LogP contribution is -2.58. The van der Waals surface area contributed by atoms with Gasteiger partial charge in [-0.25, -0.2) is 0 Å². The molecule has 1 rings (SSSR count). The van der Waals surface area contributed by atoms with Crippen molar-refractivity contribution in [2.45, 2.75) is 32.3 Å². The van der Waals surface area contributed by atoms with Crippen molar-refractivity contribution in [2.24, 2.45) is 5.92 Å². The van der Waals surface area contributed by atoms with E-state index in [1.807, 2.05) is 13.8 Å². The lowest BCUT2D eigenvalue weighted by atomic mass is 9.90. The molecule has 0 spiro atoms. The van der Waals surface area contributed by atoms with E-state index < -0.39 is 5.60 Å². The van der Waals surface area contributed by atoms with Gasteiger partial charge in [-0.05, 0) is 0 Å². The number of likely N-dealkylation sites (N-methyl/N-ethyl adjacent to an activating group) is 1. The lowest BCUT2D eigenvalue weighted by molar-refractivity contribution is -0.909. The minimum Gasteiger partial charge on any atom is -0.393 e. The van der Waals surface area contributed by atoms with Crippen LogP contribution in [0.1, 0.15) is 26.7 Å². The van der Waals surface area contributed by atoms with Crippen LogP contribution >= 0.6 is 0 Å². The van der Waals surface area contributed by atoms with Crippen LogP contribution in [0.3, 0.4) is 0 Å². The number of aliphatic hydroxyl groups excluding tert-OH is 1. The summed E-state index contributed by atoms with van der Waals surface area (Å²) in [5.41, 5.74) is -0.918. The molecular weight excluding hydrogens is 206 g/mol. The number of nitrogens with zero attached hydrogens (tertiary/aromatic N) is 1. The van der Waals surface area contributed by atoms with Crippen molar-refractivity contribution in [1.82, 2.24) is 0 Å². The quantitative estimate of drug-likeness (QED) is 0.677. The zero-order valence-electron chi connectivity index (χ0n) is 10.6. The van der Waals surface area contributed by atoms with E-state index in [1.54, 1.807) is 0 Å². The second kappa shape index (κ2) is 4.82. The van der Waals surface area contributed by atoms with Crippen LogP contribution in [-0.4, -0.2) is 59.4 Å². The number of quaternary nitrogens is 1. The van der Waals surface area contributed by atoms with Crippen molar-refractivity contribution < 1.29 is 19.5 Å². The first-order chi connectivity index (χ1) is 7.30. The molecule has 0 amide bonds. The summed E-state index contributed by atoms with van der Waals surface area (Å²) in [4.78, 5) is 11.7. The van der Waals surface area contributed by atoms with Gasteiger partial charge in [-0.2, -0.15) is 0 Å². The molecule has 0 unspecified atom stereocenters. The SMILES string of the molecule is CC(C)C(=O)C[N+]1(C)CCC(O)(CO)CC1. The van der Waals surface area contributed by atoms with Gasteiger partial charge >= 0.3 is 0 Å². The van der Waals surface area contributed by atoms with Crippen LogP contribution in [0.25, 0.3) is 0 Å². The van der Waals surface area contributed by atoms with Gasteiger partial charge in [0.25, 0.3) is 0 Å². The summed E-state index contributed by atoms with van der Waals surface area (Å²) in [5, 5.41) is 19.0. The first kappa shape index (κ1) is 13.6. The molecule has 0 atom stereocenters. The Morgan fingerprint density at radius 1 is 1.38 bits per heavy atom. The van der Waals surface area contributed by atoms with Crippen LogP contribution < -0.4 is 0 Å². The Balaban J connectivity index is 2.53. The third kappa shape index (κ3) is 3.27. The monoisotopic (exact) mass is 230 g/mol. The minimum atomic E-state index is -0.918. The topological polar surface area (TPSA) is 57.5 Å². The van der Waals surface area contributed by atoms with E-state index in [1.165, 1.54) is 0 Å². The van der Waals surface area contributed by atoms with E-state index in [2.05, 4.69) is 7.05 Å². The molecule has 2 N–H and O–H groups in total. The van der Waals surface area contributed by atoms with Crippen LogP contribution in [-0.2, 0) is 4.79 Å². The zero-order valence-corrected chi connectivity index (χ0v) is 10.6. The van der Waals surface area contributed by atoms with E-state index >= 15 is 0 Å². The first-order valence-corrected chi connectivity index (χ1v) is 6.00. The molecular formula is C12H24NO3+. The third-order valence-corrected chi connectivity index (χ3v) is 3.71. The molecule has 0 aliphatic carbocycles. The summed E-state index contributed by atoms with van der Waals surface area (Å²) >= 11 is 0. The molecule has 1 saturated heterocycles. The van der Waals surface area contributed by atoms with Crippen LogP contribution in [0.5, 0.6) is 0 Å². The second-order valence-corrected chi connectivity index (χ2v) is 5.73. The van der Waals surface area contributed by atoms with Crippen molar-refractivity contribution in [1.29, 1.82) is 0 Å².